The largest absolute Gasteiger partial charge is 0.573 e. The summed E-state index contributed by atoms with van der Waals surface area (Å²) in [6.07, 6.45) is -3.06. The van der Waals surface area contributed by atoms with Crippen LogP contribution in [0, 0.1) is 5.41 Å². The van der Waals surface area contributed by atoms with Gasteiger partial charge in [-0.3, -0.25) is 0 Å². The number of rotatable bonds is 4. The van der Waals surface area contributed by atoms with E-state index in [4.69, 9.17) is 4.84 Å². The van der Waals surface area contributed by atoms with Crippen molar-refractivity contribution < 1.29 is 22.7 Å². The molecule has 0 atom stereocenters. The first-order chi connectivity index (χ1) is 8.66. The van der Waals surface area contributed by atoms with Gasteiger partial charge in [0.25, 0.3) is 0 Å². The van der Waals surface area contributed by atoms with Gasteiger partial charge < -0.3 is 9.57 Å². The zero-order valence-corrected chi connectivity index (χ0v) is 11.0. The van der Waals surface area contributed by atoms with Gasteiger partial charge in [0.2, 0.25) is 0 Å². The van der Waals surface area contributed by atoms with E-state index in [0.29, 0.717) is 5.56 Å². The number of hydrogen-bond acceptors (Lipinski definition) is 3. The SMILES string of the molecule is CC(C)(C)C=NOCc1cccc(OC(F)(F)F)c1. The number of hydrogen-bond donors (Lipinski definition) is 0. The smallest absolute Gasteiger partial charge is 0.406 e. The molecule has 0 aromatic heterocycles. The van der Waals surface area contributed by atoms with Crippen LogP contribution in [0.25, 0.3) is 0 Å². The fourth-order valence-electron chi connectivity index (χ4n) is 1.14. The topological polar surface area (TPSA) is 30.8 Å². The summed E-state index contributed by atoms with van der Waals surface area (Å²) in [7, 11) is 0. The minimum atomic E-state index is -4.69. The monoisotopic (exact) mass is 275 g/mol. The molecule has 0 aliphatic rings. The zero-order valence-electron chi connectivity index (χ0n) is 11.0. The van der Waals surface area contributed by atoms with Crippen molar-refractivity contribution in [3.63, 3.8) is 0 Å². The van der Waals surface area contributed by atoms with E-state index in [1.54, 1.807) is 12.3 Å². The normalized spacial score (nSPS) is 12.7. The van der Waals surface area contributed by atoms with E-state index in [9.17, 15) is 13.2 Å². The third kappa shape index (κ3) is 7.33. The molecule has 0 N–H and O–H groups in total. The van der Waals surface area contributed by atoms with E-state index in [-0.39, 0.29) is 17.8 Å². The van der Waals surface area contributed by atoms with Crippen LogP contribution in [0.5, 0.6) is 5.75 Å². The second kappa shape index (κ2) is 5.95. The van der Waals surface area contributed by atoms with Gasteiger partial charge >= 0.3 is 6.36 Å². The fraction of sp³-hybridized carbons (Fsp3) is 0.462. The van der Waals surface area contributed by atoms with Crippen LogP contribution >= 0.6 is 0 Å². The van der Waals surface area contributed by atoms with Gasteiger partial charge in [-0.2, -0.15) is 0 Å². The quantitative estimate of drug-likeness (QED) is 0.611. The zero-order chi connectivity index (χ0) is 14.5. The van der Waals surface area contributed by atoms with Crippen molar-refractivity contribution in [3.8, 4) is 5.75 Å². The van der Waals surface area contributed by atoms with Crippen LogP contribution in [0.1, 0.15) is 26.3 Å². The first-order valence-corrected chi connectivity index (χ1v) is 5.67. The molecule has 19 heavy (non-hydrogen) atoms. The van der Waals surface area contributed by atoms with Gasteiger partial charge in [-0.1, -0.05) is 38.1 Å². The van der Waals surface area contributed by atoms with E-state index in [0.717, 1.165) is 0 Å². The molecule has 0 bridgehead atoms. The Hall–Kier alpha value is -1.72. The maximum absolute atomic E-state index is 12.0. The van der Waals surface area contributed by atoms with Crippen LogP contribution in [0.2, 0.25) is 0 Å². The average molecular weight is 275 g/mol. The summed E-state index contributed by atoms with van der Waals surface area (Å²) >= 11 is 0. The van der Waals surface area contributed by atoms with Crippen molar-refractivity contribution >= 4 is 6.21 Å². The molecule has 1 aromatic rings. The minimum Gasteiger partial charge on any atom is -0.406 e. The molecule has 3 nitrogen and oxygen atoms in total. The summed E-state index contributed by atoms with van der Waals surface area (Å²) in [6.45, 7) is 5.95. The van der Waals surface area contributed by atoms with Gasteiger partial charge in [0, 0.05) is 11.6 Å². The number of benzene rings is 1. The van der Waals surface area contributed by atoms with E-state index >= 15 is 0 Å². The van der Waals surface area contributed by atoms with Crippen LogP contribution in [0.3, 0.4) is 0 Å². The maximum atomic E-state index is 12.0. The van der Waals surface area contributed by atoms with Crippen LogP contribution in [-0.4, -0.2) is 12.6 Å². The molecule has 0 amide bonds. The van der Waals surface area contributed by atoms with E-state index in [1.165, 1.54) is 18.2 Å². The molecule has 0 radical (unpaired) electrons. The lowest BCUT2D eigenvalue weighted by Crippen LogP contribution is -2.17. The lowest BCUT2D eigenvalue weighted by molar-refractivity contribution is -0.274. The van der Waals surface area contributed by atoms with Crippen LogP contribution in [0.4, 0.5) is 13.2 Å². The molecule has 106 valence electrons. The molecule has 1 aromatic carbocycles. The highest BCUT2D eigenvalue weighted by molar-refractivity contribution is 5.63. The summed E-state index contributed by atoms with van der Waals surface area (Å²) in [5, 5.41) is 3.75. The van der Waals surface area contributed by atoms with E-state index in [1.807, 2.05) is 20.8 Å². The lowest BCUT2D eigenvalue weighted by atomic mass is 10.00. The van der Waals surface area contributed by atoms with Crippen molar-refractivity contribution in [2.45, 2.75) is 33.7 Å². The van der Waals surface area contributed by atoms with Gasteiger partial charge in [-0.25, -0.2) is 0 Å². The standard InChI is InChI=1S/C13H16F3NO2/c1-12(2,3)9-17-18-8-10-5-4-6-11(7-10)19-13(14,15)16/h4-7,9H,8H2,1-3H3. The van der Waals surface area contributed by atoms with Gasteiger partial charge in [0.1, 0.15) is 12.4 Å². The Morgan fingerprint density at radius 2 is 1.89 bits per heavy atom. The van der Waals surface area contributed by atoms with Crippen molar-refractivity contribution in [2.75, 3.05) is 0 Å². The molecule has 0 saturated heterocycles. The Labute approximate surface area is 110 Å². The van der Waals surface area contributed by atoms with Gasteiger partial charge in [0.15, 0.2) is 0 Å². The van der Waals surface area contributed by atoms with Crippen LogP contribution in [0.15, 0.2) is 29.4 Å². The third-order valence-electron chi connectivity index (χ3n) is 1.88. The summed E-state index contributed by atoms with van der Waals surface area (Å²) in [6, 6.07) is 5.60. The first-order valence-electron chi connectivity index (χ1n) is 5.67. The second-order valence-electron chi connectivity index (χ2n) is 5.07. The fourth-order valence-corrected chi connectivity index (χ4v) is 1.14. The Kier molecular flexibility index (Phi) is 4.80. The van der Waals surface area contributed by atoms with Gasteiger partial charge in [-0.05, 0) is 17.7 Å². The van der Waals surface area contributed by atoms with Gasteiger partial charge in [0.05, 0.1) is 0 Å². The molecule has 0 heterocycles. The van der Waals surface area contributed by atoms with Crippen molar-refractivity contribution in [1.82, 2.24) is 0 Å². The van der Waals surface area contributed by atoms with Crippen LogP contribution in [-0.2, 0) is 11.4 Å². The average Bonchev–Trinajstić information content (AvgIpc) is 2.21. The third-order valence-corrected chi connectivity index (χ3v) is 1.88. The lowest BCUT2D eigenvalue weighted by Gasteiger charge is -2.10. The molecule has 0 fully saturated rings. The molecule has 6 heteroatoms. The molecule has 0 saturated carbocycles. The van der Waals surface area contributed by atoms with Crippen LogP contribution < -0.4 is 4.74 Å². The maximum Gasteiger partial charge on any atom is 0.573 e. The Bertz CT molecular complexity index is 436. The first kappa shape index (κ1) is 15.3. The second-order valence-corrected chi connectivity index (χ2v) is 5.07. The number of alkyl halides is 3. The number of halogens is 3. The van der Waals surface area contributed by atoms with E-state index in [2.05, 4.69) is 9.89 Å². The number of nitrogens with zero attached hydrogens (tertiary/aromatic N) is 1. The predicted octanol–water partition coefficient (Wildman–Crippen LogP) is 4.13. The molecule has 0 spiro atoms. The summed E-state index contributed by atoms with van der Waals surface area (Å²) in [5.74, 6) is -0.270. The number of oxime groups is 1. The van der Waals surface area contributed by atoms with Crippen molar-refractivity contribution in [2.24, 2.45) is 10.6 Å². The Balaban J connectivity index is 2.56. The van der Waals surface area contributed by atoms with Crippen molar-refractivity contribution in [3.05, 3.63) is 29.8 Å². The summed E-state index contributed by atoms with van der Waals surface area (Å²) in [4.78, 5) is 5.01. The van der Waals surface area contributed by atoms with E-state index < -0.39 is 6.36 Å². The summed E-state index contributed by atoms with van der Waals surface area (Å²) in [5.41, 5.74) is 0.439. The predicted molar refractivity (Wildman–Crippen MR) is 65.9 cm³/mol. The molecule has 1 rings (SSSR count). The molecular formula is C13H16F3NO2. The molecule has 0 aliphatic carbocycles. The number of ether oxygens (including phenoxy) is 1. The van der Waals surface area contributed by atoms with Gasteiger partial charge in [-0.15, -0.1) is 13.2 Å². The molecular weight excluding hydrogens is 259 g/mol. The minimum absolute atomic E-state index is 0.0850. The molecule has 0 aliphatic heterocycles. The Morgan fingerprint density at radius 1 is 1.21 bits per heavy atom. The summed E-state index contributed by atoms with van der Waals surface area (Å²) < 4.78 is 39.9. The molecule has 0 unspecified atom stereocenters. The highest BCUT2D eigenvalue weighted by Crippen LogP contribution is 2.23. The highest BCUT2D eigenvalue weighted by atomic mass is 19.4. The van der Waals surface area contributed by atoms with Crippen molar-refractivity contribution in [1.29, 1.82) is 0 Å². The highest BCUT2D eigenvalue weighted by Gasteiger charge is 2.31. The Morgan fingerprint density at radius 3 is 2.47 bits per heavy atom.